The van der Waals surface area contributed by atoms with E-state index < -0.39 is 23.9 Å². The maximum Gasteiger partial charge on any atom is 0.573 e. The summed E-state index contributed by atoms with van der Waals surface area (Å²) in [5.41, 5.74) is 1.44. The summed E-state index contributed by atoms with van der Waals surface area (Å²) in [5.74, 6) is -0.277. The normalized spacial score (nSPS) is 14.1. The molecule has 214 valence electrons. The zero-order chi connectivity index (χ0) is 29.6. The molecule has 1 aliphatic heterocycles. The summed E-state index contributed by atoms with van der Waals surface area (Å²) in [6, 6.07) is 16.9. The Kier molecular flexibility index (Phi) is 9.07. The van der Waals surface area contributed by atoms with E-state index in [1.54, 1.807) is 48.5 Å². The van der Waals surface area contributed by atoms with Gasteiger partial charge >= 0.3 is 6.36 Å². The smallest absolute Gasteiger partial charge is 0.493 e. The van der Waals surface area contributed by atoms with Crippen molar-refractivity contribution in [1.29, 1.82) is 0 Å². The molecule has 2 amide bonds. The molecule has 0 atom stereocenters. The van der Waals surface area contributed by atoms with E-state index in [-0.39, 0.29) is 22.3 Å². The van der Waals surface area contributed by atoms with Crippen LogP contribution < -0.4 is 29.2 Å². The number of amides is 2. The van der Waals surface area contributed by atoms with Gasteiger partial charge in [0.05, 0.1) is 32.8 Å². The number of hydrogen-bond acceptors (Lipinski definition) is 8. The van der Waals surface area contributed by atoms with Crippen LogP contribution in [0.25, 0.3) is 6.08 Å². The van der Waals surface area contributed by atoms with Gasteiger partial charge in [-0.3, -0.25) is 14.5 Å². The third-order valence-corrected chi connectivity index (χ3v) is 6.51. The predicted molar refractivity (Wildman–Crippen MR) is 150 cm³/mol. The fraction of sp³-hybridized carbons (Fsp3) is 0.179. The van der Waals surface area contributed by atoms with Crippen molar-refractivity contribution in [2.75, 3.05) is 37.3 Å². The highest BCUT2D eigenvalue weighted by Gasteiger charge is 2.33. The number of benzene rings is 3. The highest BCUT2D eigenvalue weighted by Crippen LogP contribution is 2.41. The van der Waals surface area contributed by atoms with E-state index in [2.05, 4.69) is 15.0 Å². The number of nitrogens with zero attached hydrogens (tertiary/aromatic N) is 2. The van der Waals surface area contributed by atoms with Gasteiger partial charge in [-0.05, 0) is 54.6 Å². The second-order valence-electron chi connectivity index (χ2n) is 8.23. The maximum absolute atomic E-state index is 13.5. The number of carbonyl (C=O) groups is 2. The number of halogens is 3. The first-order valence-corrected chi connectivity index (χ1v) is 12.9. The largest absolute Gasteiger partial charge is 0.573 e. The summed E-state index contributed by atoms with van der Waals surface area (Å²) in [6.45, 7) is 0. The van der Waals surface area contributed by atoms with Crippen LogP contribution in [0.3, 0.4) is 0 Å². The third-order valence-electron chi connectivity index (χ3n) is 5.57. The molecule has 3 aromatic carbocycles. The molecule has 1 N–H and O–H groups in total. The predicted octanol–water partition coefficient (Wildman–Crippen LogP) is 5.73. The quantitative estimate of drug-likeness (QED) is 0.320. The van der Waals surface area contributed by atoms with Crippen LogP contribution in [0.4, 0.5) is 24.5 Å². The molecule has 0 saturated heterocycles. The minimum atomic E-state index is -4.82. The van der Waals surface area contributed by atoms with Crippen molar-refractivity contribution in [2.45, 2.75) is 6.36 Å². The lowest BCUT2D eigenvalue weighted by atomic mass is 10.1. The number of rotatable bonds is 9. The van der Waals surface area contributed by atoms with Crippen molar-refractivity contribution in [3.8, 4) is 23.0 Å². The van der Waals surface area contributed by atoms with E-state index in [1.807, 2.05) is 0 Å². The van der Waals surface area contributed by atoms with Crippen molar-refractivity contribution in [2.24, 2.45) is 4.99 Å². The number of hydrogen-bond donors (Lipinski definition) is 1. The van der Waals surface area contributed by atoms with E-state index in [4.69, 9.17) is 14.2 Å². The van der Waals surface area contributed by atoms with Crippen LogP contribution in [0.1, 0.15) is 5.56 Å². The van der Waals surface area contributed by atoms with Gasteiger partial charge in [0.15, 0.2) is 16.7 Å². The number of aliphatic imine (C=N–C) groups is 1. The van der Waals surface area contributed by atoms with E-state index in [9.17, 15) is 22.8 Å². The molecule has 0 aromatic heterocycles. The molecule has 3 aromatic rings. The van der Waals surface area contributed by atoms with Crippen LogP contribution in [0, 0.1) is 0 Å². The fourth-order valence-corrected chi connectivity index (χ4v) is 4.66. The molecular weight excluding hydrogens is 563 g/mol. The van der Waals surface area contributed by atoms with Crippen molar-refractivity contribution in [3.63, 3.8) is 0 Å². The van der Waals surface area contributed by atoms with Gasteiger partial charge in [0.1, 0.15) is 11.4 Å². The first kappa shape index (κ1) is 29.3. The molecule has 9 nitrogen and oxygen atoms in total. The first-order valence-electron chi connectivity index (χ1n) is 11.9. The average Bonchev–Trinajstić information content (AvgIpc) is 3.26. The zero-order valence-electron chi connectivity index (χ0n) is 22.0. The van der Waals surface area contributed by atoms with E-state index >= 15 is 0 Å². The number of nitrogens with one attached hydrogen (secondary N) is 1. The molecule has 41 heavy (non-hydrogen) atoms. The first-order chi connectivity index (χ1) is 19.6. The Morgan fingerprint density at radius 1 is 0.951 bits per heavy atom. The van der Waals surface area contributed by atoms with Gasteiger partial charge in [0, 0.05) is 11.3 Å². The molecular formula is C28H24F3N3O6S. The van der Waals surface area contributed by atoms with Crippen LogP contribution in [0.5, 0.6) is 23.0 Å². The molecule has 0 bridgehead atoms. The number of methoxy groups -OCH3 is 3. The summed E-state index contributed by atoms with van der Waals surface area (Å²) >= 11 is 1.02. The van der Waals surface area contributed by atoms with Crippen molar-refractivity contribution in [1.82, 2.24) is 0 Å². The Morgan fingerprint density at radius 3 is 2.24 bits per heavy atom. The number of ether oxygens (including phenoxy) is 4. The highest BCUT2D eigenvalue weighted by atomic mass is 32.2. The van der Waals surface area contributed by atoms with Crippen LogP contribution in [0.2, 0.25) is 0 Å². The number of carbonyl (C=O) groups excluding carboxylic acids is 2. The van der Waals surface area contributed by atoms with Gasteiger partial charge in [-0.25, -0.2) is 4.99 Å². The second kappa shape index (κ2) is 12.7. The Labute approximate surface area is 237 Å². The zero-order valence-corrected chi connectivity index (χ0v) is 22.8. The molecule has 0 unspecified atom stereocenters. The molecule has 0 aliphatic carbocycles. The highest BCUT2D eigenvalue weighted by molar-refractivity contribution is 8.14. The number of thioether (sulfide) groups is 1. The molecule has 1 aliphatic rings. The van der Waals surface area contributed by atoms with Crippen molar-refractivity contribution in [3.05, 3.63) is 78.0 Å². The molecule has 0 saturated carbocycles. The number of para-hydroxylation sites is 1. The van der Waals surface area contributed by atoms with Gasteiger partial charge in [-0.2, -0.15) is 0 Å². The summed E-state index contributed by atoms with van der Waals surface area (Å²) in [7, 11) is 4.43. The van der Waals surface area contributed by atoms with Crippen LogP contribution in [-0.4, -0.2) is 50.4 Å². The Bertz CT molecular complexity index is 1480. The fourth-order valence-electron chi connectivity index (χ4n) is 3.85. The van der Waals surface area contributed by atoms with E-state index in [1.165, 1.54) is 38.4 Å². The molecule has 4 rings (SSSR count). The lowest BCUT2D eigenvalue weighted by Gasteiger charge is -2.17. The standard InChI is InChI=1S/C28H24F3N3O6S/c1-37-22-14-9-17(24(38-2)25(22)39-3)15-21-26(36)34(19-7-5-4-6-8-19)27(33-21)41-16-23(35)32-18-10-12-20(13-11-18)40-28(29,30)31/h4-15H,16H2,1-3H3,(H,32,35). The average molecular weight is 588 g/mol. The van der Waals surface area contributed by atoms with Crippen molar-refractivity contribution >= 4 is 46.2 Å². The summed E-state index contributed by atoms with van der Waals surface area (Å²) in [6.07, 6.45) is -3.26. The minimum Gasteiger partial charge on any atom is -0.493 e. The Hall–Kier alpha value is -4.65. The maximum atomic E-state index is 13.5. The monoisotopic (exact) mass is 587 g/mol. The lowest BCUT2D eigenvalue weighted by molar-refractivity contribution is -0.274. The second-order valence-corrected chi connectivity index (χ2v) is 9.18. The topological polar surface area (TPSA) is 98.7 Å². The number of anilines is 2. The molecule has 0 spiro atoms. The SMILES string of the molecule is COc1ccc(C=C2N=C(SCC(=O)Nc3ccc(OC(F)(F)F)cc3)N(c3ccccc3)C2=O)c(OC)c1OC. The minimum absolute atomic E-state index is 0.0996. The lowest BCUT2D eigenvalue weighted by Crippen LogP contribution is -2.31. The summed E-state index contributed by atoms with van der Waals surface area (Å²) in [5, 5.41) is 2.86. The third kappa shape index (κ3) is 7.11. The van der Waals surface area contributed by atoms with Crippen LogP contribution >= 0.6 is 11.8 Å². The Morgan fingerprint density at radius 2 is 1.63 bits per heavy atom. The van der Waals surface area contributed by atoms with Crippen molar-refractivity contribution < 1.29 is 41.7 Å². The van der Waals surface area contributed by atoms with Gasteiger partial charge in [-0.15, -0.1) is 13.2 Å². The molecule has 0 radical (unpaired) electrons. The van der Waals surface area contributed by atoms with Gasteiger partial charge in [0.25, 0.3) is 5.91 Å². The van der Waals surface area contributed by atoms with E-state index in [0.29, 0.717) is 28.5 Å². The summed E-state index contributed by atoms with van der Waals surface area (Å²) in [4.78, 5) is 32.0. The van der Waals surface area contributed by atoms with Gasteiger partial charge < -0.3 is 24.3 Å². The number of amidine groups is 1. The molecule has 13 heteroatoms. The summed E-state index contributed by atoms with van der Waals surface area (Å²) < 4.78 is 57.2. The van der Waals surface area contributed by atoms with Crippen LogP contribution in [-0.2, 0) is 9.59 Å². The van der Waals surface area contributed by atoms with Crippen LogP contribution in [0.15, 0.2) is 77.4 Å². The van der Waals surface area contributed by atoms with Gasteiger partial charge in [0.2, 0.25) is 11.7 Å². The van der Waals surface area contributed by atoms with Gasteiger partial charge in [-0.1, -0.05) is 30.0 Å². The molecule has 1 heterocycles. The Balaban J connectivity index is 1.56. The molecule has 0 fully saturated rings. The number of alkyl halides is 3. The van der Waals surface area contributed by atoms with E-state index in [0.717, 1.165) is 23.9 Å².